The lowest BCUT2D eigenvalue weighted by Gasteiger charge is -2.34. The number of rotatable bonds is 2. The zero-order valence-electron chi connectivity index (χ0n) is 12.5. The second kappa shape index (κ2) is 5.86. The second-order valence-electron chi connectivity index (χ2n) is 5.75. The van der Waals surface area contributed by atoms with Gasteiger partial charge in [-0.15, -0.1) is 0 Å². The van der Waals surface area contributed by atoms with Crippen molar-refractivity contribution in [3.05, 3.63) is 48.0 Å². The van der Waals surface area contributed by atoms with Crippen LogP contribution in [0.4, 0.5) is 0 Å². The standard InChI is InChI=1S/C18H22N2O/c1-2-20-17(21)12-6-11-16(19)18(20)15-10-5-8-13-7-3-4-9-14(13)15/h3-5,7-10,16,18H,2,6,11-12,19H2,1H3. The van der Waals surface area contributed by atoms with Gasteiger partial charge in [-0.2, -0.15) is 0 Å². The first-order valence-corrected chi connectivity index (χ1v) is 7.75. The highest BCUT2D eigenvalue weighted by molar-refractivity contribution is 5.87. The van der Waals surface area contributed by atoms with Gasteiger partial charge in [0.1, 0.15) is 0 Å². The van der Waals surface area contributed by atoms with Crippen molar-refractivity contribution in [3.8, 4) is 0 Å². The summed E-state index contributed by atoms with van der Waals surface area (Å²) in [6.45, 7) is 2.74. The van der Waals surface area contributed by atoms with Crippen LogP contribution in [-0.2, 0) is 4.79 Å². The van der Waals surface area contributed by atoms with Crippen LogP contribution in [-0.4, -0.2) is 23.4 Å². The zero-order chi connectivity index (χ0) is 14.8. The molecule has 2 N–H and O–H groups in total. The van der Waals surface area contributed by atoms with Crippen LogP contribution in [0.25, 0.3) is 10.8 Å². The van der Waals surface area contributed by atoms with E-state index < -0.39 is 0 Å². The van der Waals surface area contributed by atoms with Gasteiger partial charge in [0.25, 0.3) is 0 Å². The third-order valence-corrected chi connectivity index (χ3v) is 4.47. The summed E-state index contributed by atoms with van der Waals surface area (Å²) >= 11 is 0. The number of carbonyl (C=O) groups is 1. The van der Waals surface area contributed by atoms with Gasteiger partial charge >= 0.3 is 0 Å². The molecule has 1 saturated heterocycles. The molecule has 1 heterocycles. The van der Waals surface area contributed by atoms with Crippen LogP contribution in [0.3, 0.4) is 0 Å². The molecule has 110 valence electrons. The summed E-state index contributed by atoms with van der Waals surface area (Å²) in [6.07, 6.45) is 2.40. The number of likely N-dealkylation sites (tertiary alicyclic amines) is 1. The van der Waals surface area contributed by atoms with Crippen molar-refractivity contribution in [2.24, 2.45) is 5.73 Å². The van der Waals surface area contributed by atoms with E-state index in [-0.39, 0.29) is 18.0 Å². The molecule has 1 fully saturated rings. The van der Waals surface area contributed by atoms with E-state index >= 15 is 0 Å². The van der Waals surface area contributed by atoms with Crippen LogP contribution in [0.1, 0.15) is 37.8 Å². The molecule has 2 aromatic carbocycles. The number of hydrogen-bond donors (Lipinski definition) is 1. The van der Waals surface area contributed by atoms with Crippen molar-refractivity contribution in [2.75, 3.05) is 6.54 Å². The highest BCUT2D eigenvalue weighted by atomic mass is 16.2. The fourth-order valence-corrected chi connectivity index (χ4v) is 3.46. The smallest absolute Gasteiger partial charge is 0.223 e. The fourth-order valence-electron chi connectivity index (χ4n) is 3.46. The van der Waals surface area contributed by atoms with Crippen molar-refractivity contribution in [1.29, 1.82) is 0 Å². The maximum atomic E-state index is 12.4. The van der Waals surface area contributed by atoms with Crippen molar-refractivity contribution in [2.45, 2.75) is 38.3 Å². The van der Waals surface area contributed by atoms with Gasteiger partial charge < -0.3 is 10.6 Å². The molecule has 3 rings (SSSR count). The molecule has 2 unspecified atom stereocenters. The maximum Gasteiger partial charge on any atom is 0.223 e. The van der Waals surface area contributed by atoms with E-state index in [2.05, 4.69) is 30.3 Å². The lowest BCUT2D eigenvalue weighted by atomic mass is 9.92. The van der Waals surface area contributed by atoms with Gasteiger partial charge in [-0.3, -0.25) is 4.79 Å². The molecule has 0 aliphatic carbocycles. The Labute approximate surface area is 125 Å². The van der Waals surface area contributed by atoms with E-state index in [1.807, 2.05) is 24.0 Å². The summed E-state index contributed by atoms with van der Waals surface area (Å²) in [5.74, 6) is 0.225. The van der Waals surface area contributed by atoms with Crippen molar-refractivity contribution >= 4 is 16.7 Å². The van der Waals surface area contributed by atoms with Crippen molar-refractivity contribution < 1.29 is 4.79 Å². The number of hydrogen-bond acceptors (Lipinski definition) is 2. The molecule has 3 nitrogen and oxygen atoms in total. The first kappa shape index (κ1) is 14.1. The number of benzene rings is 2. The Morgan fingerprint density at radius 2 is 1.95 bits per heavy atom. The van der Waals surface area contributed by atoms with Gasteiger partial charge in [0.15, 0.2) is 0 Å². The van der Waals surface area contributed by atoms with E-state index in [9.17, 15) is 4.79 Å². The summed E-state index contributed by atoms with van der Waals surface area (Å²) in [7, 11) is 0. The molecule has 0 spiro atoms. The van der Waals surface area contributed by atoms with Gasteiger partial charge in [-0.05, 0) is 36.1 Å². The number of amides is 1. The molecule has 1 aliphatic heterocycles. The highest BCUT2D eigenvalue weighted by Crippen LogP contribution is 2.34. The zero-order valence-corrected chi connectivity index (χ0v) is 12.5. The predicted molar refractivity (Wildman–Crippen MR) is 85.9 cm³/mol. The first-order chi connectivity index (χ1) is 10.2. The number of fused-ring (bicyclic) bond motifs is 1. The second-order valence-corrected chi connectivity index (χ2v) is 5.75. The van der Waals surface area contributed by atoms with Crippen molar-refractivity contribution in [3.63, 3.8) is 0 Å². The van der Waals surface area contributed by atoms with Gasteiger partial charge in [0.2, 0.25) is 5.91 Å². The SMILES string of the molecule is CCN1C(=O)CCCC(N)C1c1cccc2ccccc12. The molecule has 3 heteroatoms. The average molecular weight is 282 g/mol. The highest BCUT2D eigenvalue weighted by Gasteiger charge is 2.32. The van der Waals surface area contributed by atoms with Gasteiger partial charge in [-0.1, -0.05) is 42.5 Å². The molecule has 2 aromatic rings. The molecule has 1 amide bonds. The minimum Gasteiger partial charge on any atom is -0.334 e. The molecule has 21 heavy (non-hydrogen) atoms. The number of nitrogens with zero attached hydrogens (tertiary/aromatic N) is 1. The van der Waals surface area contributed by atoms with Crippen molar-refractivity contribution in [1.82, 2.24) is 4.90 Å². The van der Waals surface area contributed by atoms with Crippen LogP contribution >= 0.6 is 0 Å². The molecular weight excluding hydrogens is 260 g/mol. The Morgan fingerprint density at radius 1 is 1.19 bits per heavy atom. The third kappa shape index (κ3) is 2.54. The topological polar surface area (TPSA) is 46.3 Å². The molecule has 1 aliphatic rings. The molecule has 0 aromatic heterocycles. The third-order valence-electron chi connectivity index (χ3n) is 4.47. The van der Waals surface area contributed by atoms with Crippen LogP contribution in [0.2, 0.25) is 0 Å². The molecular formula is C18H22N2O. The lowest BCUT2D eigenvalue weighted by molar-refractivity contribution is -0.133. The Morgan fingerprint density at radius 3 is 2.76 bits per heavy atom. The van der Waals surface area contributed by atoms with Gasteiger partial charge in [-0.25, -0.2) is 0 Å². The summed E-state index contributed by atoms with van der Waals surface area (Å²) in [5.41, 5.74) is 7.61. The fraction of sp³-hybridized carbons (Fsp3) is 0.389. The Balaban J connectivity index is 2.15. The van der Waals surface area contributed by atoms with Crippen LogP contribution in [0.5, 0.6) is 0 Å². The predicted octanol–water partition coefficient (Wildman–Crippen LogP) is 3.24. The minimum atomic E-state index is -0.0175. The summed E-state index contributed by atoms with van der Waals surface area (Å²) in [4.78, 5) is 14.3. The molecule has 0 saturated carbocycles. The van der Waals surface area contributed by atoms with E-state index in [0.717, 1.165) is 12.8 Å². The first-order valence-electron chi connectivity index (χ1n) is 7.75. The normalized spacial score (nSPS) is 23.3. The summed E-state index contributed by atoms with van der Waals surface area (Å²) in [6, 6.07) is 14.6. The van der Waals surface area contributed by atoms with Crippen LogP contribution < -0.4 is 5.73 Å². The van der Waals surface area contributed by atoms with E-state index in [0.29, 0.717) is 13.0 Å². The molecule has 0 bridgehead atoms. The summed E-state index contributed by atoms with van der Waals surface area (Å²) in [5, 5.41) is 2.41. The quantitative estimate of drug-likeness (QED) is 0.919. The average Bonchev–Trinajstić information content (AvgIpc) is 2.65. The Kier molecular flexibility index (Phi) is 3.93. The van der Waals surface area contributed by atoms with Crippen LogP contribution in [0, 0.1) is 0 Å². The molecule has 0 radical (unpaired) electrons. The maximum absolute atomic E-state index is 12.4. The molecule has 2 atom stereocenters. The number of likely N-dealkylation sites (N-methyl/N-ethyl adjacent to an activating group) is 1. The lowest BCUT2D eigenvalue weighted by Crippen LogP contribution is -2.42. The monoisotopic (exact) mass is 282 g/mol. The van der Waals surface area contributed by atoms with E-state index in [4.69, 9.17) is 5.73 Å². The van der Waals surface area contributed by atoms with Crippen LogP contribution in [0.15, 0.2) is 42.5 Å². The Bertz CT molecular complexity index is 647. The number of nitrogens with two attached hydrogens (primary N) is 1. The minimum absolute atomic E-state index is 0.00204. The largest absolute Gasteiger partial charge is 0.334 e. The number of carbonyl (C=O) groups excluding carboxylic acids is 1. The van der Waals surface area contributed by atoms with E-state index in [1.165, 1.54) is 16.3 Å². The summed E-state index contributed by atoms with van der Waals surface area (Å²) < 4.78 is 0. The Hall–Kier alpha value is -1.87. The van der Waals surface area contributed by atoms with Gasteiger partial charge in [0.05, 0.1) is 6.04 Å². The van der Waals surface area contributed by atoms with Gasteiger partial charge in [0, 0.05) is 19.0 Å². The van der Waals surface area contributed by atoms with E-state index in [1.54, 1.807) is 0 Å².